The fourth-order valence-corrected chi connectivity index (χ4v) is 3.90. The number of aromatic nitrogens is 1. The third-order valence-corrected chi connectivity index (χ3v) is 5.41. The molecule has 0 aliphatic carbocycles. The first kappa shape index (κ1) is 20.6. The number of urea groups is 1. The Morgan fingerprint density at radius 3 is 2.73 bits per heavy atom. The summed E-state index contributed by atoms with van der Waals surface area (Å²) in [4.78, 5) is 21.2. The van der Waals surface area contributed by atoms with Crippen LogP contribution >= 0.6 is 0 Å². The van der Waals surface area contributed by atoms with Gasteiger partial charge >= 0.3 is 6.03 Å². The lowest BCUT2D eigenvalue weighted by molar-refractivity contribution is -0.287. The third-order valence-electron chi connectivity index (χ3n) is 5.41. The average Bonchev–Trinajstić information content (AvgIpc) is 2.78. The molecular weight excluding hydrogens is 384 g/mol. The van der Waals surface area contributed by atoms with E-state index in [-0.39, 0.29) is 6.03 Å². The molecule has 2 aliphatic heterocycles. The number of methoxy groups -OCH3 is 1. The summed E-state index contributed by atoms with van der Waals surface area (Å²) >= 11 is 0. The number of hydrogen-bond donors (Lipinski definition) is 1. The van der Waals surface area contributed by atoms with Crippen molar-refractivity contribution in [3.05, 3.63) is 59.9 Å². The molecule has 2 fully saturated rings. The third kappa shape index (κ3) is 4.89. The van der Waals surface area contributed by atoms with Gasteiger partial charge in [-0.1, -0.05) is 30.3 Å². The highest BCUT2D eigenvalue weighted by atomic mass is 16.7. The van der Waals surface area contributed by atoms with Gasteiger partial charge in [0.1, 0.15) is 5.75 Å². The maximum atomic E-state index is 12.7. The van der Waals surface area contributed by atoms with Crippen LogP contribution in [0.5, 0.6) is 5.75 Å². The van der Waals surface area contributed by atoms with Crippen molar-refractivity contribution in [3.8, 4) is 5.75 Å². The van der Waals surface area contributed by atoms with E-state index >= 15 is 0 Å². The lowest BCUT2D eigenvalue weighted by atomic mass is 10.1. The van der Waals surface area contributed by atoms with E-state index in [9.17, 15) is 4.79 Å². The number of pyridine rings is 1. The molecule has 1 aromatic carbocycles. The Kier molecular flexibility index (Phi) is 6.47. The summed E-state index contributed by atoms with van der Waals surface area (Å²) in [6, 6.07) is 13.5. The van der Waals surface area contributed by atoms with Crippen LogP contribution in [-0.4, -0.2) is 73.1 Å². The topological polar surface area (TPSA) is 76.2 Å². The van der Waals surface area contributed by atoms with Gasteiger partial charge in [-0.25, -0.2) is 4.79 Å². The van der Waals surface area contributed by atoms with E-state index < -0.39 is 5.79 Å². The van der Waals surface area contributed by atoms with Crippen LogP contribution in [0, 0.1) is 0 Å². The number of ether oxygens (including phenoxy) is 3. The van der Waals surface area contributed by atoms with Crippen LogP contribution in [-0.2, 0) is 22.6 Å². The largest absolute Gasteiger partial charge is 0.495 e. The minimum atomic E-state index is -0.817. The van der Waals surface area contributed by atoms with Crippen molar-refractivity contribution in [1.29, 1.82) is 0 Å². The molecular formula is C22H28N4O4. The first-order valence-electron chi connectivity index (χ1n) is 10.2. The van der Waals surface area contributed by atoms with Crippen LogP contribution in [0.3, 0.4) is 0 Å². The van der Waals surface area contributed by atoms with Gasteiger partial charge in [0.05, 0.1) is 39.1 Å². The number of carbonyl (C=O) groups is 1. The van der Waals surface area contributed by atoms with E-state index in [0.29, 0.717) is 45.9 Å². The summed E-state index contributed by atoms with van der Waals surface area (Å²) in [5.74, 6) is -0.0488. The van der Waals surface area contributed by atoms with Gasteiger partial charge in [0.25, 0.3) is 0 Å². The maximum absolute atomic E-state index is 12.7. The first-order valence-corrected chi connectivity index (χ1v) is 10.2. The number of morpholine rings is 2. The summed E-state index contributed by atoms with van der Waals surface area (Å²) in [7, 11) is 1.65. The van der Waals surface area contributed by atoms with Crippen molar-refractivity contribution < 1.29 is 19.0 Å². The van der Waals surface area contributed by atoms with Crippen molar-refractivity contribution in [2.24, 2.45) is 0 Å². The molecule has 4 rings (SSSR count). The second-order valence-corrected chi connectivity index (χ2v) is 7.54. The molecule has 2 aliphatic rings. The van der Waals surface area contributed by atoms with Gasteiger partial charge in [-0.05, 0) is 17.7 Å². The molecule has 1 N–H and O–H groups in total. The molecule has 2 amide bonds. The van der Waals surface area contributed by atoms with Gasteiger partial charge in [0.2, 0.25) is 0 Å². The maximum Gasteiger partial charge on any atom is 0.317 e. The van der Waals surface area contributed by atoms with Gasteiger partial charge in [-0.15, -0.1) is 0 Å². The Morgan fingerprint density at radius 1 is 1.13 bits per heavy atom. The van der Waals surface area contributed by atoms with Crippen LogP contribution in [0.1, 0.15) is 11.3 Å². The normalized spacial score (nSPS) is 22.1. The fourth-order valence-electron chi connectivity index (χ4n) is 3.90. The Hall–Kier alpha value is -2.68. The molecule has 8 heteroatoms. The van der Waals surface area contributed by atoms with E-state index in [1.165, 1.54) is 0 Å². The Labute approximate surface area is 176 Å². The molecule has 1 atom stereocenters. The van der Waals surface area contributed by atoms with Gasteiger partial charge in [-0.2, -0.15) is 0 Å². The van der Waals surface area contributed by atoms with Crippen LogP contribution < -0.4 is 10.1 Å². The second-order valence-electron chi connectivity index (χ2n) is 7.54. The summed E-state index contributed by atoms with van der Waals surface area (Å²) in [5, 5.41) is 2.99. The SMILES string of the molecule is COc1cccnc1CN1CCOC2(C1)CN(C(=O)NCc1ccccc1)CCO2. The molecule has 2 saturated heterocycles. The molecule has 2 aromatic rings. The summed E-state index contributed by atoms with van der Waals surface area (Å²) < 4.78 is 17.5. The lowest BCUT2D eigenvalue weighted by Gasteiger charge is -2.47. The Balaban J connectivity index is 1.36. The number of amides is 2. The minimum absolute atomic E-state index is 0.103. The zero-order valence-corrected chi connectivity index (χ0v) is 17.3. The number of nitrogens with one attached hydrogen (secondary N) is 1. The fraction of sp³-hybridized carbons (Fsp3) is 0.455. The lowest BCUT2D eigenvalue weighted by Crippen LogP contribution is -2.63. The smallest absolute Gasteiger partial charge is 0.317 e. The Bertz CT molecular complexity index is 846. The molecule has 3 heterocycles. The zero-order valence-electron chi connectivity index (χ0n) is 17.3. The van der Waals surface area contributed by atoms with Crippen molar-refractivity contribution in [2.75, 3.05) is 46.5 Å². The highest BCUT2D eigenvalue weighted by molar-refractivity contribution is 5.74. The molecule has 1 spiro atoms. The van der Waals surface area contributed by atoms with E-state index in [0.717, 1.165) is 23.6 Å². The molecule has 0 radical (unpaired) electrons. The Morgan fingerprint density at radius 2 is 1.93 bits per heavy atom. The van der Waals surface area contributed by atoms with E-state index in [2.05, 4.69) is 15.2 Å². The van der Waals surface area contributed by atoms with E-state index in [4.69, 9.17) is 14.2 Å². The average molecular weight is 412 g/mol. The highest BCUT2D eigenvalue weighted by Crippen LogP contribution is 2.27. The monoisotopic (exact) mass is 412 g/mol. The van der Waals surface area contributed by atoms with Gasteiger partial charge in [-0.3, -0.25) is 9.88 Å². The van der Waals surface area contributed by atoms with Crippen LogP contribution in [0.2, 0.25) is 0 Å². The number of benzene rings is 1. The predicted octanol–water partition coefficient (Wildman–Crippen LogP) is 1.86. The van der Waals surface area contributed by atoms with Crippen molar-refractivity contribution >= 4 is 6.03 Å². The van der Waals surface area contributed by atoms with E-state index in [1.54, 1.807) is 18.2 Å². The first-order chi connectivity index (χ1) is 14.7. The molecule has 160 valence electrons. The summed E-state index contributed by atoms with van der Waals surface area (Å²) in [5.41, 5.74) is 1.95. The van der Waals surface area contributed by atoms with Gasteiger partial charge in [0, 0.05) is 32.4 Å². The van der Waals surface area contributed by atoms with Gasteiger partial charge < -0.3 is 24.4 Å². The number of rotatable bonds is 5. The van der Waals surface area contributed by atoms with Crippen molar-refractivity contribution in [3.63, 3.8) is 0 Å². The zero-order chi connectivity index (χ0) is 20.8. The summed E-state index contributed by atoms with van der Waals surface area (Å²) in [6.45, 7) is 4.38. The quantitative estimate of drug-likeness (QED) is 0.808. The van der Waals surface area contributed by atoms with Crippen molar-refractivity contribution in [2.45, 2.75) is 18.9 Å². The number of carbonyl (C=O) groups excluding carboxylic acids is 1. The molecule has 0 saturated carbocycles. The van der Waals surface area contributed by atoms with Crippen LogP contribution in [0.25, 0.3) is 0 Å². The van der Waals surface area contributed by atoms with Crippen molar-refractivity contribution in [1.82, 2.24) is 20.1 Å². The number of nitrogens with zero attached hydrogens (tertiary/aromatic N) is 3. The minimum Gasteiger partial charge on any atom is -0.495 e. The molecule has 8 nitrogen and oxygen atoms in total. The molecule has 1 unspecified atom stereocenters. The number of hydrogen-bond acceptors (Lipinski definition) is 6. The molecule has 1 aromatic heterocycles. The summed E-state index contributed by atoms with van der Waals surface area (Å²) in [6.07, 6.45) is 1.77. The van der Waals surface area contributed by atoms with E-state index in [1.807, 2.05) is 42.5 Å². The van der Waals surface area contributed by atoms with Crippen LogP contribution in [0.15, 0.2) is 48.7 Å². The molecule has 30 heavy (non-hydrogen) atoms. The highest BCUT2D eigenvalue weighted by Gasteiger charge is 2.43. The second kappa shape index (κ2) is 9.42. The predicted molar refractivity (Wildman–Crippen MR) is 111 cm³/mol. The standard InChI is InChI=1S/C22H28N4O4/c1-28-20-8-5-9-23-19(20)15-25-10-12-29-22(16-25)17-26(11-13-30-22)21(27)24-14-18-6-3-2-4-7-18/h2-9H,10-17H2,1H3,(H,24,27). The van der Waals surface area contributed by atoms with Gasteiger partial charge in [0.15, 0.2) is 5.79 Å². The van der Waals surface area contributed by atoms with Crippen LogP contribution in [0.4, 0.5) is 4.79 Å². The molecule has 0 bridgehead atoms.